The molecule has 2 aromatic heterocycles. The molecule has 0 spiro atoms. The van der Waals surface area contributed by atoms with E-state index in [4.69, 9.17) is 14.2 Å². The molecule has 2 aliphatic heterocycles. The number of pyridine rings is 1. The van der Waals surface area contributed by atoms with Crippen LogP contribution in [0.2, 0.25) is 0 Å². The summed E-state index contributed by atoms with van der Waals surface area (Å²) in [5.41, 5.74) is 2.19. The Labute approximate surface area is 221 Å². The topological polar surface area (TPSA) is 111 Å². The Kier molecular flexibility index (Phi) is 9.75. The molecule has 0 saturated carbocycles. The van der Waals surface area contributed by atoms with Gasteiger partial charge in [0.1, 0.15) is 19.0 Å². The van der Waals surface area contributed by atoms with E-state index in [1.807, 2.05) is 24.3 Å². The number of nitrogens with one attached hydrogen (secondary N) is 1. The lowest BCUT2D eigenvalue weighted by atomic mass is 10.0. The number of aromatic nitrogens is 3. The van der Waals surface area contributed by atoms with E-state index in [2.05, 4.69) is 20.2 Å². The predicted molar refractivity (Wildman–Crippen MR) is 140 cm³/mol. The van der Waals surface area contributed by atoms with Crippen LogP contribution >= 0.6 is 24.8 Å². The zero-order valence-corrected chi connectivity index (χ0v) is 21.6. The average Bonchev–Trinajstić information content (AvgIpc) is 2.87. The summed E-state index contributed by atoms with van der Waals surface area (Å²) in [6.45, 7) is 4.14. The van der Waals surface area contributed by atoms with Crippen molar-refractivity contribution in [2.45, 2.75) is 31.7 Å². The number of fused-ring (bicyclic) bond motifs is 2. The van der Waals surface area contributed by atoms with Gasteiger partial charge in [-0.25, -0.2) is 4.98 Å². The molecule has 0 bridgehead atoms. The maximum Gasteiger partial charge on any atom is 0.269 e. The number of piperidine rings is 1. The monoisotopic (exact) mass is 539 g/mol. The van der Waals surface area contributed by atoms with Gasteiger partial charge in [-0.2, -0.15) is 0 Å². The minimum absolute atomic E-state index is 0. The molecule has 4 heterocycles. The highest BCUT2D eigenvalue weighted by atomic mass is 35.5. The standard InChI is InChI=1S/C24H29N5O5.2ClH/c1-32-17-2-3-18-20(11-17)29(24(31)14-27-18)7-6-28-5-4-19(21(30)15-28)26-12-16-10-22-23(13-25-16)34-9-8-33-22;;/h2-3,10-11,13-14,19,21,26,30H,4-9,12,15H2,1H3;2*1H/t19-,21+;;/m1../s1. The largest absolute Gasteiger partial charge is 0.497 e. The molecule has 1 saturated heterocycles. The van der Waals surface area contributed by atoms with Gasteiger partial charge < -0.3 is 29.2 Å². The summed E-state index contributed by atoms with van der Waals surface area (Å²) < 4.78 is 18.2. The van der Waals surface area contributed by atoms with Crippen LogP contribution in [0.5, 0.6) is 17.2 Å². The minimum atomic E-state index is -0.517. The number of benzene rings is 1. The summed E-state index contributed by atoms with van der Waals surface area (Å²) in [5, 5.41) is 14.2. The van der Waals surface area contributed by atoms with E-state index < -0.39 is 6.10 Å². The van der Waals surface area contributed by atoms with Gasteiger partial charge in [-0.05, 0) is 25.1 Å². The lowest BCUT2D eigenvalue weighted by Gasteiger charge is -2.36. The fraction of sp³-hybridized carbons (Fsp3) is 0.458. The molecule has 12 heteroatoms. The first-order valence-corrected chi connectivity index (χ1v) is 11.5. The smallest absolute Gasteiger partial charge is 0.269 e. The molecule has 0 radical (unpaired) electrons. The predicted octanol–water partition coefficient (Wildman–Crippen LogP) is 1.64. The normalized spacial score (nSPS) is 19.3. The summed E-state index contributed by atoms with van der Waals surface area (Å²) >= 11 is 0. The van der Waals surface area contributed by atoms with Gasteiger partial charge in [-0.3, -0.25) is 14.7 Å². The molecule has 1 fully saturated rings. The van der Waals surface area contributed by atoms with Crippen molar-refractivity contribution in [2.75, 3.05) is 40.0 Å². The van der Waals surface area contributed by atoms with E-state index >= 15 is 0 Å². The van der Waals surface area contributed by atoms with Gasteiger partial charge in [0.25, 0.3) is 5.56 Å². The SMILES string of the molecule is COc1ccc2ncc(=O)n(CCN3CC[C@@H](NCc4cc5c(cn4)OCCO5)[C@@H](O)C3)c2c1.Cl.Cl. The maximum absolute atomic E-state index is 12.5. The second-order valence-corrected chi connectivity index (χ2v) is 8.57. The van der Waals surface area contributed by atoms with Gasteiger partial charge in [-0.15, -0.1) is 24.8 Å². The van der Waals surface area contributed by atoms with Gasteiger partial charge in [0.05, 0.1) is 42.3 Å². The van der Waals surface area contributed by atoms with Gasteiger partial charge >= 0.3 is 0 Å². The lowest BCUT2D eigenvalue weighted by molar-refractivity contribution is 0.0384. The van der Waals surface area contributed by atoms with E-state index in [-0.39, 0.29) is 36.4 Å². The fourth-order valence-corrected chi connectivity index (χ4v) is 4.50. The van der Waals surface area contributed by atoms with Crippen molar-refractivity contribution in [1.29, 1.82) is 0 Å². The number of nitrogens with zero attached hydrogens (tertiary/aromatic N) is 4. The highest BCUT2D eigenvalue weighted by Crippen LogP contribution is 2.29. The summed E-state index contributed by atoms with van der Waals surface area (Å²) in [6.07, 6.45) is 3.32. The Morgan fingerprint density at radius 3 is 2.69 bits per heavy atom. The van der Waals surface area contributed by atoms with Crippen LogP contribution in [0.1, 0.15) is 12.1 Å². The Hall–Kier alpha value is -2.63. The molecule has 2 atom stereocenters. The third-order valence-corrected chi connectivity index (χ3v) is 6.39. The molecule has 1 aromatic carbocycles. The zero-order valence-electron chi connectivity index (χ0n) is 20.0. The quantitative estimate of drug-likeness (QED) is 0.462. The van der Waals surface area contributed by atoms with Crippen molar-refractivity contribution in [1.82, 2.24) is 24.8 Å². The fourth-order valence-electron chi connectivity index (χ4n) is 4.50. The highest BCUT2D eigenvalue weighted by Gasteiger charge is 2.27. The van der Waals surface area contributed by atoms with E-state index in [1.54, 1.807) is 17.9 Å². The van der Waals surface area contributed by atoms with Crippen molar-refractivity contribution >= 4 is 35.8 Å². The molecule has 2 N–H and O–H groups in total. The maximum atomic E-state index is 12.5. The molecule has 196 valence electrons. The molecule has 3 aromatic rings. The summed E-state index contributed by atoms with van der Waals surface area (Å²) in [7, 11) is 1.60. The first kappa shape index (κ1) is 27.9. The van der Waals surface area contributed by atoms with E-state index in [0.29, 0.717) is 56.6 Å². The Morgan fingerprint density at radius 1 is 1.11 bits per heavy atom. The first-order chi connectivity index (χ1) is 16.6. The van der Waals surface area contributed by atoms with Gasteiger partial charge in [0, 0.05) is 44.4 Å². The van der Waals surface area contributed by atoms with Crippen LogP contribution in [0.3, 0.4) is 0 Å². The van der Waals surface area contributed by atoms with Crippen molar-refractivity contribution < 1.29 is 19.3 Å². The van der Waals surface area contributed by atoms with E-state index in [1.165, 1.54) is 6.20 Å². The molecule has 0 unspecified atom stereocenters. The van der Waals surface area contributed by atoms with Crippen molar-refractivity contribution in [2.24, 2.45) is 0 Å². The number of likely N-dealkylation sites (tertiary alicyclic amines) is 1. The number of β-amino-alcohol motifs (C(OH)–C–C–N with tert-alkyl or cyclic N) is 1. The van der Waals surface area contributed by atoms with Crippen LogP contribution in [0.25, 0.3) is 11.0 Å². The van der Waals surface area contributed by atoms with Crippen molar-refractivity contribution in [3.05, 3.63) is 52.7 Å². The van der Waals surface area contributed by atoms with Crippen LogP contribution in [0, 0.1) is 0 Å². The third kappa shape index (κ3) is 6.19. The van der Waals surface area contributed by atoms with Crippen molar-refractivity contribution in [3.8, 4) is 17.2 Å². The molecule has 2 aliphatic rings. The number of methoxy groups -OCH3 is 1. The number of aliphatic hydroxyl groups excluding tert-OH is 1. The zero-order chi connectivity index (χ0) is 23.5. The number of hydrogen-bond donors (Lipinski definition) is 2. The van der Waals surface area contributed by atoms with Gasteiger partial charge in [0.2, 0.25) is 0 Å². The number of ether oxygens (including phenoxy) is 3. The van der Waals surface area contributed by atoms with Crippen LogP contribution in [-0.2, 0) is 13.1 Å². The number of halogens is 2. The molecule has 0 aliphatic carbocycles. The van der Waals surface area contributed by atoms with Gasteiger partial charge in [-0.1, -0.05) is 0 Å². The number of rotatable bonds is 7. The second kappa shape index (κ2) is 12.6. The summed E-state index contributed by atoms with van der Waals surface area (Å²) in [5.74, 6) is 2.07. The van der Waals surface area contributed by atoms with Gasteiger partial charge in [0.15, 0.2) is 11.5 Å². The lowest BCUT2D eigenvalue weighted by Crippen LogP contribution is -2.53. The average molecular weight is 540 g/mol. The molecular weight excluding hydrogens is 509 g/mol. The van der Waals surface area contributed by atoms with E-state index in [9.17, 15) is 9.90 Å². The molecule has 0 amide bonds. The second-order valence-electron chi connectivity index (χ2n) is 8.57. The van der Waals surface area contributed by atoms with Crippen LogP contribution in [0.15, 0.2) is 41.5 Å². The van der Waals surface area contributed by atoms with Crippen LogP contribution in [-0.4, -0.2) is 76.6 Å². The Morgan fingerprint density at radius 2 is 1.92 bits per heavy atom. The molecule has 36 heavy (non-hydrogen) atoms. The molecule has 10 nitrogen and oxygen atoms in total. The Balaban J connectivity index is 0.00000180. The summed E-state index contributed by atoms with van der Waals surface area (Å²) in [4.78, 5) is 23.3. The highest BCUT2D eigenvalue weighted by molar-refractivity contribution is 5.85. The number of hydrogen-bond acceptors (Lipinski definition) is 9. The number of aliphatic hydroxyl groups is 1. The Bertz CT molecular complexity index is 1230. The third-order valence-electron chi connectivity index (χ3n) is 6.39. The van der Waals surface area contributed by atoms with Crippen LogP contribution < -0.4 is 25.1 Å². The summed E-state index contributed by atoms with van der Waals surface area (Å²) in [6, 6.07) is 7.37. The molecular formula is C24H31Cl2N5O5. The van der Waals surface area contributed by atoms with E-state index in [0.717, 1.165) is 29.7 Å². The van der Waals surface area contributed by atoms with Crippen LogP contribution in [0.4, 0.5) is 0 Å². The first-order valence-electron chi connectivity index (χ1n) is 11.5. The van der Waals surface area contributed by atoms with Crippen molar-refractivity contribution in [3.63, 3.8) is 0 Å². The minimum Gasteiger partial charge on any atom is -0.497 e. The molecule has 5 rings (SSSR count).